The van der Waals surface area contributed by atoms with E-state index in [2.05, 4.69) is 158 Å². The molecule has 0 heterocycles. The molecule has 8 aromatic rings. The molecule has 8 aromatic carbocycles. The second-order valence-corrected chi connectivity index (χ2v) is 26.3. The van der Waals surface area contributed by atoms with Crippen molar-refractivity contribution < 1.29 is 0 Å². The van der Waals surface area contributed by atoms with Crippen LogP contribution in [0.4, 0.5) is 34.1 Å². The number of rotatable bonds is 8. The number of benzene rings is 8. The fourth-order valence-corrected chi connectivity index (χ4v) is 10.1. The summed E-state index contributed by atoms with van der Waals surface area (Å²) in [6.07, 6.45) is 0. The fourth-order valence-electron chi connectivity index (χ4n) is 7.72. The van der Waals surface area contributed by atoms with Crippen molar-refractivity contribution in [3.63, 3.8) is 0 Å². The first-order chi connectivity index (χ1) is 26.0. The number of hydrogen-bond acceptors (Lipinski definition) is 4. The molecule has 0 spiro atoms. The topological polar surface area (TPSA) is 54.1 Å². The van der Waals surface area contributed by atoms with Gasteiger partial charge in [-0.2, -0.15) is 10.5 Å². The van der Waals surface area contributed by atoms with Gasteiger partial charge < -0.3 is 9.80 Å². The number of anilines is 6. The fraction of sp³-hybridized carbons (Fsp3) is 0.125. The number of para-hydroxylation sites is 2. The van der Waals surface area contributed by atoms with Gasteiger partial charge in [0, 0.05) is 22.1 Å². The first-order valence-corrected chi connectivity index (χ1v) is 25.5. The minimum absolute atomic E-state index is 0.617. The Hall–Kier alpha value is -6.19. The summed E-state index contributed by atoms with van der Waals surface area (Å²) in [6.45, 7) is 14.2. The Morgan fingerprint density at radius 1 is 0.389 bits per heavy atom. The Morgan fingerprint density at radius 2 is 0.741 bits per heavy atom. The highest BCUT2D eigenvalue weighted by atomic mass is 28.3. The van der Waals surface area contributed by atoms with E-state index in [1.54, 1.807) is 0 Å². The van der Waals surface area contributed by atoms with E-state index in [0.29, 0.717) is 11.1 Å². The summed E-state index contributed by atoms with van der Waals surface area (Å²) < 4.78 is 0. The summed E-state index contributed by atoms with van der Waals surface area (Å²) in [6, 6.07) is 56.2. The van der Waals surface area contributed by atoms with Crippen LogP contribution >= 0.6 is 0 Å². The lowest BCUT2D eigenvalue weighted by Crippen LogP contribution is -2.37. The molecule has 262 valence electrons. The maximum atomic E-state index is 10.3. The number of hydrogen-bond donors (Lipinski definition) is 0. The van der Waals surface area contributed by atoms with Gasteiger partial charge in [0.1, 0.15) is 12.1 Å². The van der Waals surface area contributed by atoms with E-state index in [4.69, 9.17) is 0 Å². The predicted octanol–water partition coefficient (Wildman–Crippen LogP) is 12.4. The summed E-state index contributed by atoms with van der Waals surface area (Å²) in [5.74, 6) is 0. The van der Waals surface area contributed by atoms with Crippen molar-refractivity contribution >= 4 is 93.0 Å². The Kier molecular flexibility index (Phi) is 8.62. The molecular weight excluding hydrogens is 689 g/mol. The van der Waals surface area contributed by atoms with Crippen molar-refractivity contribution in [3.05, 3.63) is 157 Å². The standard InChI is InChI=1S/C48H42N4Si2/c1-53(2,3)39-23-19-37(20-24-39)51(43-13-9-7-11-35(43)31-49)45-29-17-33-16-28-42-46(30-18-34-15-27-41(45)47(33)48(34)42)52(44-14-10-8-12-36(44)32-50)38-21-25-40(26-22-38)54(4,5)6/h7-30H,1-6H3. The maximum Gasteiger partial charge on any atom is 0.101 e. The molecular formula is C48H42N4Si2. The smallest absolute Gasteiger partial charge is 0.101 e. The minimum atomic E-state index is -1.53. The highest BCUT2D eigenvalue weighted by Gasteiger charge is 2.25. The van der Waals surface area contributed by atoms with Crippen LogP contribution in [0.2, 0.25) is 39.3 Å². The van der Waals surface area contributed by atoms with Crippen molar-refractivity contribution in [1.82, 2.24) is 0 Å². The molecule has 0 bridgehead atoms. The molecule has 0 aliphatic rings. The summed E-state index contributed by atoms with van der Waals surface area (Å²) >= 11 is 0. The Labute approximate surface area is 320 Å². The van der Waals surface area contributed by atoms with Crippen LogP contribution in [0.1, 0.15) is 11.1 Å². The van der Waals surface area contributed by atoms with Crippen LogP contribution in [0.5, 0.6) is 0 Å². The van der Waals surface area contributed by atoms with Crippen LogP contribution in [0.15, 0.2) is 146 Å². The van der Waals surface area contributed by atoms with Crippen LogP contribution in [0.3, 0.4) is 0 Å². The predicted molar refractivity (Wildman–Crippen MR) is 235 cm³/mol. The highest BCUT2D eigenvalue weighted by Crippen LogP contribution is 2.48. The van der Waals surface area contributed by atoms with E-state index >= 15 is 0 Å². The maximum absolute atomic E-state index is 10.3. The molecule has 0 saturated heterocycles. The lowest BCUT2D eigenvalue weighted by molar-refractivity contribution is 1.28. The van der Waals surface area contributed by atoms with Gasteiger partial charge in [-0.1, -0.05) is 135 Å². The number of nitrogens with zero attached hydrogens (tertiary/aromatic N) is 4. The zero-order chi connectivity index (χ0) is 37.8. The zero-order valence-electron chi connectivity index (χ0n) is 31.6. The molecule has 0 fully saturated rings. The van der Waals surface area contributed by atoms with Crippen molar-refractivity contribution in [3.8, 4) is 12.1 Å². The molecule has 8 rings (SSSR count). The average Bonchev–Trinajstić information content (AvgIpc) is 3.18. The molecule has 0 amide bonds. The molecule has 0 aliphatic carbocycles. The Bertz CT molecular complexity index is 2570. The van der Waals surface area contributed by atoms with Gasteiger partial charge in [-0.05, 0) is 82.2 Å². The van der Waals surface area contributed by atoms with Gasteiger partial charge in [0.25, 0.3) is 0 Å². The van der Waals surface area contributed by atoms with Crippen molar-refractivity contribution in [2.24, 2.45) is 0 Å². The first kappa shape index (κ1) is 34.9. The van der Waals surface area contributed by atoms with Gasteiger partial charge in [-0.15, -0.1) is 0 Å². The third kappa shape index (κ3) is 6.00. The average molecular weight is 731 g/mol. The van der Waals surface area contributed by atoms with Gasteiger partial charge in [-0.25, -0.2) is 0 Å². The van der Waals surface area contributed by atoms with Gasteiger partial charge >= 0.3 is 0 Å². The molecule has 0 unspecified atom stereocenters. The van der Waals surface area contributed by atoms with Crippen molar-refractivity contribution in [2.45, 2.75) is 39.3 Å². The van der Waals surface area contributed by atoms with Gasteiger partial charge in [-0.3, -0.25) is 0 Å². The van der Waals surface area contributed by atoms with Crippen LogP contribution in [-0.4, -0.2) is 16.1 Å². The molecule has 6 heteroatoms. The quantitative estimate of drug-likeness (QED) is 0.115. The third-order valence-corrected chi connectivity index (χ3v) is 14.7. The molecule has 54 heavy (non-hydrogen) atoms. The first-order valence-electron chi connectivity index (χ1n) is 18.5. The summed E-state index contributed by atoms with van der Waals surface area (Å²) in [7, 11) is -3.06. The molecule has 0 aliphatic heterocycles. The van der Waals surface area contributed by atoms with E-state index in [9.17, 15) is 10.5 Å². The third-order valence-electron chi connectivity index (χ3n) is 10.6. The summed E-state index contributed by atoms with van der Waals surface area (Å²) in [5, 5.41) is 30.3. The van der Waals surface area contributed by atoms with Crippen molar-refractivity contribution in [2.75, 3.05) is 9.80 Å². The SMILES string of the molecule is C[Si](C)(C)c1ccc(N(c2ccccc2C#N)c2ccc3ccc4c(N(c5ccc([Si](C)(C)C)cc5)c5ccccc5C#N)ccc5ccc2c3c54)cc1. The van der Waals surface area contributed by atoms with E-state index in [1.165, 1.54) is 21.1 Å². The molecule has 0 radical (unpaired) electrons. The molecule has 0 aromatic heterocycles. The molecule has 0 atom stereocenters. The summed E-state index contributed by atoms with van der Waals surface area (Å²) in [4.78, 5) is 4.49. The van der Waals surface area contributed by atoms with Crippen LogP contribution in [0, 0.1) is 22.7 Å². The van der Waals surface area contributed by atoms with E-state index < -0.39 is 16.1 Å². The monoisotopic (exact) mass is 730 g/mol. The second-order valence-electron chi connectivity index (χ2n) is 16.1. The molecule has 0 saturated carbocycles. The number of nitriles is 2. The lowest BCUT2D eigenvalue weighted by Gasteiger charge is -2.30. The summed E-state index contributed by atoms with van der Waals surface area (Å²) in [5.41, 5.74) is 6.97. The minimum Gasteiger partial charge on any atom is -0.309 e. The molecule has 4 nitrogen and oxygen atoms in total. The van der Waals surface area contributed by atoms with Gasteiger partial charge in [0.2, 0.25) is 0 Å². The lowest BCUT2D eigenvalue weighted by atomic mass is 9.91. The molecule has 0 N–H and O–H groups in total. The van der Waals surface area contributed by atoms with E-state index in [-0.39, 0.29) is 0 Å². The van der Waals surface area contributed by atoms with Crippen LogP contribution in [0.25, 0.3) is 32.3 Å². The highest BCUT2D eigenvalue weighted by molar-refractivity contribution is 6.89. The Morgan fingerprint density at radius 3 is 1.09 bits per heavy atom. The van der Waals surface area contributed by atoms with Crippen LogP contribution < -0.4 is 20.2 Å². The van der Waals surface area contributed by atoms with E-state index in [1.807, 2.05) is 48.5 Å². The zero-order valence-corrected chi connectivity index (χ0v) is 33.6. The van der Waals surface area contributed by atoms with Crippen molar-refractivity contribution in [1.29, 1.82) is 10.5 Å². The second kappa shape index (κ2) is 13.3. The van der Waals surface area contributed by atoms with Gasteiger partial charge in [0.15, 0.2) is 0 Å². The normalized spacial score (nSPS) is 11.9. The van der Waals surface area contributed by atoms with Crippen LogP contribution in [-0.2, 0) is 0 Å². The van der Waals surface area contributed by atoms with Gasteiger partial charge in [0.05, 0.1) is 50.0 Å². The Balaban J connectivity index is 1.40. The van der Waals surface area contributed by atoms with E-state index in [0.717, 1.165) is 55.7 Å². The largest absolute Gasteiger partial charge is 0.309 e.